The molecule has 1 N–H and O–H groups in total. The van der Waals surface area contributed by atoms with Gasteiger partial charge in [0.2, 0.25) is 0 Å². The summed E-state index contributed by atoms with van der Waals surface area (Å²) < 4.78 is 41.2. The number of hydrogen-bond acceptors (Lipinski definition) is 5. The van der Waals surface area contributed by atoms with Crippen molar-refractivity contribution in [3.05, 3.63) is 90.1 Å². The van der Waals surface area contributed by atoms with Crippen LogP contribution in [0.4, 0.5) is 13.2 Å². The first-order chi connectivity index (χ1) is 19.3. The molecule has 40 heavy (non-hydrogen) atoms. The third-order valence-electron chi connectivity index (χ3n) is 7.66. The lowest BCUT2D eigenvalue weighted by molar-refractivity contribution is -0.137. The van der Waals surface area contributed by atoms with Crippen LogP contribution in [0.15, 0.2) is 78.2 Å². The highest BCUT2D eigenvalue weighted by Gasteiger charge is 2.34. The SMILES string of the molecule is OC1(c2ccccc2)CCN(Cc2cn(CCCCCCSc3ccnc4cc(C(F)(F)F)ccc34)cn2)CC1. The number of imidazole rings is 1. The number of piperidine rings is 1. The highest BCUT2D eigenvalue weighted by molar-refractivity contribution is 7.99. The zero-order chi connectivity index (χ0) is 28.0. The third kappa shape index (κ3) is 7.25. The number of halogens is 3. The number of aliphatic hydroxyl groups is 1. The molecule has 1 aliphatic heterocycles. The fourth-order valence-corrected chi connectivity index (χ4v) is 6.37. The maximum absolute atomic E-state index is 13.0. The van der Waals surface area contributed by atoms with E-state index in [4.69, 9.17) is 0 Å². The summed E-state index contributed by atoms with van der Waals surface area (Å²) in [6.45, 7) is 3.43. The Bertz CT molecular complexity index is 1380. The minimum atomic E-state index is -4.36. The fourth-order valence-electron chi connectivity index (χ4n) is 5.31. The molecule has 1 aliphatic rings. The smallest absolute Gasteiger partial charge is 0.385 e. The van der Waals surface area contributed by atoms with Gasteiger partial charge < -0.3 is 9.67 Å². The van der Waals surface area contributed by atoms with E-state index in [0.29, 0.717) is 5.52 Å². The Labute approximate surface area is 237 Å². The van der Waals surface area contributed by atoms with E-state index < -0.39 is 17.3 Å². The molecule has 1 saturated heterocycles. The predicted octanol–water partition coefficient (Wildman–Crippen LogP) is 7.29. The molecule has 0 bridgehead atoms. The fraction of sp³-hybridized carbons (Fsp3) is 0.419. The molecule has 0 unspecified atom stereocenters. The van der Waals surface area contributed by atoms with Crippen molar-refractivity contribution in [2.45, 2.75) is 68.3 Å². The maximum Gasteiger partial charge on any atom is 0.416 e. The van der Waals surface area contributed by atoms with Crippen molar-refractivity contribution >= 4 is 22.7 Å². The number of alkyl halides is 3. The number of unbranched alkanes of at least 4 members (excludes halogenated alkanes) is 3. The average molecular weight is 569 g/mol. The molecule has 5 nitrogen and oxygen atoms in total. The molecule has 0 atom stereocenters. The first-order valence-electron chi connectivity index (χ1n) is 13.9. The van der Waals surface area contributed by atoms with Gasteiger partial charge in [0.05, 0.1) is 28.7 Å². The number of rotatable bonds is 11. The van der Waals surface area contributed by atoms with Gasteiger partial charge in [0.1, 0.15) is 0 Å². The van der Waals surface area contributed by atoms with Gasteiger partial charge in [0.15, 0.2) is 0 Å². The number of pyridine rings is 1. The summed E-state index contributed by atoms with van der Waals surface area (Å²) in [6.07, 6.45) is 7.07. The molecule has 2 aromatic carbocycles. The first-order valence-corrected chi connectivity index (χ1v) is 14.9. The Kier molecular flexibility index (Phi) is 9.13. The van der Waals surface area contributed by atoms with Gasteiger partial charge in [-0.15, -0.1) is 11.8 Å². The Morgan fingerprint density at radius 3 is 2.48 bits per heavy atom. The normalized spacial score (nSPS) is 16.0. The van der Waals surface area contributed by atoms with E-state index in [0.717, 1.165) is 104 Å². The molecule has 0 saturated carbocycles. The number of aromatic nitrogens is 3. The van der Waals surface area contributed by atoms with Gasteiger partial charge >= 0.3 is 6.18 Å². The number of fused-ring (bicyclic) bond motifs is 1. The lowest BCUT2D eigenvalue weighted by Gasteiger charge is -2.38. The molecule has 1 fully saturated rings. The largest absolute Gasteiger partial charge is 0.416 e. The minimum absolute atomic E-state index is 0.383. The van der Waals surface area contributed by atoms with E-state index in [9.17, 15) is 18.3 Å². The molecular weight excluding hydrogens is 533 g/mol. The Hall–Kier alpha value is -2.88. The quantitative estimate of drug-likeness (QED) is 0.152. The number of nitrogens with zero attached hydrogens (tertiary/aromatic N) is 4. The topological polar surface area (TPSA) is 54.2 Å². The first kappa shape index (κ1) is 28.6. The predicted molar refractivity (Wildman–Crippen MR) is 153 cm³/mol. The molecule has 2 aromatic heterocycles. The van der Waals surface area contributed by atoms with Crippen LogP contribution in [-0.4, -0.2) is 43.4 Å². The van der Waals surface area contributed by atoms with E-state index in [1.165, 1.54) is 6.07 Å². The summed E-state index contributed by atoms with van der Waals surface area (Å²) in [5, 5.41) is 11.8. The molecule has 5 rings (SSSR count). The van der Waals surface area contributed by atoms with Gasteiger partial charge in [-0.1, -0.05) is 49.2 Å². The van der Waals surface area contributed by atoms with Crippen molar-refractivity contribution in [2.24, 2.45) is 0 Å². The Morgan fingerprint density at radius 1 is 0.925 bits per heavy atom. The van der Waals surface area contributed by atoms with E-state index in [2.05, 4.69) is 25.6 Å². The second-order valence-electron chi connectivity index (χ2n) is 10.6. The second kappa shape index (κ2) is 12.7. The zero-order valence-corrected chi connectivity index (χ0v) is 23.3. The van der Waals surface area contributed by atoms with Crippen molar-refractivity contribution in [1.29, 1.82) is 0 Å². The molecule has 4 aromatic rings. The molecule has 3 heterocycles. The van der Waals surface area contributed by atoms with Gasteiger partial charge in [0.25, 0.3) is 0 Å². The lowest BCUT2D eigenvalue weighted by Crippen LogP contribution is -2.42. The van der Waals surface area contributed by atoms with Gasteiger partial charge in [-0.2, -0.15) is 13.2 Å². The summed E-state index contributed by atoms with van der Waals surface area (Å²) >= 11 is 1.68. The number of likely N-dealkylation sites (tertiary alicyclic amines) is 1. The lowest BCUT2D eigenvalue weighted by atomic mass is 9.84. The molecule has 212 valence electrons. The standard InChI is InChI=1S/C31H35F3N4OS/c32-31(33,34)25-10-11-27-28(20-25)35-15-12-29(27)40-19-7-2-1-6-16-38-22-26(36-23-38)21-37-17-13-30(39,14-18-37)24-8-4-3-5-9-24/h3-5,8-12,15,20,22-23,39H,1-2,6-7,13-14,16-19,21H2. The van der Waals surface area contributed by atoms with Crippen LogP contribution in [0.2, 0.25) is 0 Å². The van der Waals surface area contributed by atoms with Crippen LogP contribution in [0.5, 0.6) is 0 Å². The maximum atomic E-state index is 13.0. The average Bonchev–Trinajstić information content (AvgIpc) is 3.40. The van der Waals surface area contributed by atoms with Crippen LogP contribution in [0, 0.1) is 0 Å². The van der Waals surface area contributed by atoms with Gasteiger partial charge in [-0.25, -0.2) is 4.98 Å². The van der Waals surface area contributed by atoms with Crippen molar-refractivity contribution in [3.8, 4) is 0 Å². The summed E-state index contributed by atoms with van der Waals surface area (Å²) in [7, 11) is 0. The van der Waals surface area contributed by atoms with Crippen LogP contribution in [-0.2, 0) is 24.9 Å². The summed E-state index contributed by atoms with van der Waals surface area (Å²) in [6, 6.07) is 15.6. The number of benzene rings is 2. The zero-order valence-electron chi connectivity index (χ0n) is 22.5. The molecule has 9 heteroatoms. The third-order valence-corrected chi connectivity index (χ3v) is 8.82. The van der Waals surface area contributed by atoms with E-state index in [1.54, 1.807) is 18.0 Å². The van der Waals surface area contributed by atoms with Crippen molar-refractivity contribution in [3.63, 3.8) is 0 Å². The van der Waals surface area contributed by atoms with Crippen molar-refractivity contribution in [2.75, 3.05) is 18.8 Å². The summed E-state index contributed by atoms with van der Waals surface area (Å²) in [5.41, 5.74) is 1.05. The van der Waals surface area contributed by atoms with Gasteiger partial charge in [-0.05, 0) is 55.2 Å². The monoisotopic (exact) mass is 568 g/mol. The number of hydrogen-bond donors (Lipinski definition) is 1. The Balaban J connectivity index is 0.990. The van der Waals surface area contributed by atoms with E-state index >= 15 is 0 Å². The van der Waals surface area contributed by atoms with Crippen LogP contribution in [0.25, 0.3) is 10.9 Å². The molecule has 0 aliphatic carbocycles. The van der Waals surface area contributed by atoms with Gasteiger partial charge in [-0.3, -0.25) is 9.88 Å². The molecular formula is C31H35F3N4OS. The Morgan fingerprint density at radius 2 is 1.70 bits per heavy atom. The minimum Gasteiger partial charge on any atom is -0.385 e. The summed E-state index contributed by atoms with van der Waals surface area (Å²) in [4.78, 5) is 12.1. The number of aryl methyl sites for hydroxylation is 1. The highest BCUT2D eigenvalue weighted by Crippen LogP contribution is 2.34. The highest BCUT2D eigenvalue weighted by atomic mass is 32.2. The van der Waals surface area contributed by atoms with Crippen LogP contribution < -0.4 is 0 Å². The van der Waals surface area contributed by atoms with Crippen LogP contribution in [0.1, 0.15) is 55.3 Å². The second-order valence-corrected chi connectivity index (χ2v) is 11.7. The molecule has 0 spiro atoms. The van der Waals surface area contributed by atoms with Gasteiger partial charge in [0, 0.05) is 48.9 Å². The van der Waals surface area contributed by atoms with Crippen molar-refractivity contribution in [1.82, 2.24) is 19.4 Å². The van der Waals surface area contributed by atoms with Crippen LogP contribution >= 0.6 is 11.8 Å². The van der Waals surface area contributed by atoms with Crippen molar-refractivity contribution < 1.29 is 18.3 Å². The van der Waals surface area contributed by atoms with E-state index in [1.807, 2.05) is 42.7 Å². The number of thioether (sulfide) groups is 1. The summed E-state index contributed by atoms with van der Waals surface area (Å²) in [5.74, 6) is 0.921. The molecule has 0 amide bonds. The van der Waals surface area contributed by atoms with E-state index in [-0.39, 0.29) is 0 Å². The molecule has 0 radical (unpaired) electrons. The van der Waals surface area contributed by atoms with Crippen LogP contribution in [0.3, 0.4) is 0 Å².